The van der Waals surface area contributed by atoms with Gasteiger partial charge in [-0.15, -0.1) is 0 Å². The molecule has 2 N–H and O–H groups in total. The van der Waals surface area contributed by atoms with Crippen molar-refractivity contribution in [3.05, 3.63) is 101 Å². The molecule has 0 saturated heterocycles. The maximum atomic E-state index is 11.7. The van der Waals surface area contributed by atoms with Crippen LogP contribution < -0.4 is 0 Å². The van der Waals surface area contributed by atoms with Gasteiger partial charge in [-0.2, -0.15) is 0 Å². The van der Waals surface area contributed by atoms with Crippen molar-refractivity contribution in [1.29, 1.82) is 0 Å². The van der Waals surface area contributed by atoms with Gasteiger partial charge < -0.3 is 10.2 Å². The standard InChI is InChI=1S/C23H22O3.Pb.2H/c1-15(17-9-5-3-6-10-17)19-13-20(22(24)21(14-19)23(25)26)16(2)18-11-7-4-8-12-18;;;/h3-16,24H,1-2H3,(H,25,26);;;. The molecule has 3 aromatic rings. The average molecular weight is 556 g/mol. The van der Waals surface area contributed by atoms with Gasteiger partial charge in [-0.05, 0) is 22.8 Å². The summed E-state index contributed by atoms with van der Waals surface area (Å²) in [7, 11) is 0. The van der Waals surface area contributed by atoms with Crippen molar-refractivity contribution in [3.8, 4) is 5.75 Å². The molecule has 0 aliphatic heterocycles. The molecule has 0 bridgehead atoms. The molecule has 3 nitrogen and oxygen atoms in total. The number of carbonyl (C=O) groups is 1. The third kappa shape index (κ3) is 4.58. The molecular formula is C23H24O3Pb. The average Bonchev–Trinajstić information content (AvgIpc) is 2.68. The molecule has 3 rings (SSSR count). The number of hydrogen-bond acceptors (Lipinski definition) is 2. The van der Waals surface area contributed by atoms with E-state index in [-0.39, 0.29) is 50.4 Å². The first-order valence-corrected chi connectivity index (χ1v) is 8.69. The van der Waals surface area contributed by atoms with Gasteiger partial charge in [0.15, 0.2) is 0 Å². The van der Waals surface area contributed by atoms with E-state index in [9.17, 15) is 15.0 Å². The quantitative estimate of drug-likeness (QED) is 0.457. The predicted octanol–water partition coefficient (Wildman–Crippen LogP) is 4.48. The first kappa shape index (κ1) is 21.2. The first-order chi connectivity index (χ1) is 12.5. The van der Waals surface area contributed by atoms with E-state index in [2.05, 4.69) is 0 Å². The van der Waals surface area contributed by atoms with Crippen LogP contribution in [-0.4, -0.2) is 43.5 Å². The van der Waals surface area contributed by atoms with Gasteiger partial charge in [-0.1, -0.05) is 80.6 Å². The number of aromatic hydroxyl groups is 1. The molecular weight excluding hydrogens is 531 g/mol. The van der Waals surface area contributed by atoms with Gasteiger partial charge in [0.05, 0.1) is 0 Å². The van der Waals surface area contributed by atoms with Crippen LogP contribution in [0.3, 0.4) is 0 Å². The van der Waals surface area contributed by atoms with E-state index in [0.29, 0.717) is 5.56 Å². The van der Waals surface area contributed by atoms with Gasteiger partial charge in [-0.25, -0.2) is 4.79 Å². The Hall–Kier alpha value is -2.15. The van der Waals surface area contributed by atoms with Crippen molar-refractivity contribution in [3.63, 3.8) is 0 Å². The summed E-state index contributed by atoms with van der Waals surface area (Å²) in [4.78, 5) is 11.7. The second kappa shape index (κ2) is 9.17. The van der Waals surface area contributed by atoms with E-state index >= 15 is 0 Å². The van der Waals surface area contributed by atoms with Crippen LogP contribution in [0.15, 0.2) is 72.8 Å². The molecule has 0 aliphatic carbocycles. The minimum absolute atomic E-state index is 0. The monoisotopic (exact) mass is 556 g/mol. The number of benzene rings is 3. The summed E-state index contributed by atoms with van der Waals surface area (Å²) >= 11 is 0. The summed E-state index contributed by atoms with van der Waals surface area (Å²) in [6.45, 7) is 4.03. The second-order valence-corrected chi connectivity index (χ2v) is 6.58. The van der Waals surface area contributed by atoms with E-state index in [1.54, 1.807) is 6.07 Å². The summed E-state index contributed by atoms with van der Waals surface area (Å²) in [5.41, 5.74) is 3.60. The molecule has 2 atom stereocenters. The van der Waals surface area contributed by atoms with Crippen LogP contribution in [0, 0.1) is 0 Å². The molecule has 27 heavy (non-hydrogen) atoms. The van der Waals surface area contributed by atoms with Gasteiger partial charge in [-0.3, -0.25) is 0 Å². The molecule has 0 aromatic heterocycles. The predicted molar refractivity (Wildman–Crippen MR) is 112 cm³/mol. The van der Waals surface area contributed by atoms with Crippen LogP contribution in [0.2, 0.25) is 0 Å². The fourth-order valence-electron chi connectivity index (χ4n) is 3.28. The Morgan fingerprint density at radius 1 is 0.778 bits per heavy atom. The Morgan fingerprint density at radius 3 is 1.74 bits per heavy atom. The van der Waals surface area contributed by atoms with Gasteiger partial charge >= 0.3 is 33.3 Å². The number of rotatable bonds is 5. The zero-order chi connectivity index (χ0) is 18.7. The van der Waals surface area contributed by atoms with E-state index in [1.807, 2.05) is 80.6 Å². The van der Waals surface area contributed by atoms with Crippen LogP contribution in [0.4, 0.5) is 0 Å². The fraction of sp³-hybridized carbons (Fsp3) is 0.174. The number of phenols is 1. The topological polar surface area (TPSA) is 57.5 Å². The van der Waals surface area contributed by atoms with Crippen molar-refractivity contribution in [2.24, 2.45) is 0 Å². The van der Waals surface area contributed by atoms with E-state index < -0.39 is 5.97 Å². The van der Waals surface area contributed by atoms with Crippen LogP contribution in [0.1, 0.15) is 58.3 Å². The Bertz CT molecular complexity index is 908. The maximum absolute atomic E-state index is 11.7. The van der Waals surface area contributed by atoms with Crippen LogP contribution in [0.25, 0.3) is 0 Å². The number of carboxylic acids is 1. The van der Waals surface area contributed by atoms with Gasteiger partial charge in [0.2, 0.25) is 0 Å². The third-order valence-electron chi connectivity index (χ3n) is 4.96. The van der Waals surface area contributed by atoms with Crippen LogP contribution in [0.5, 0.6) is 5.75 Å². The molecule has 4 heteroatoms. The number of carboxylic acid groups (broad SMARTS) is 1. The normalized spacial score (nSPS) is 12.7. The van der Waals surface area contributed by atoms with Gasteiger partial charge in [0.1, 0.15) is 11.3 Å². The molecule has 0 fully saturated rings. The van der Waals surface area contributed by atoms with E-state index in [4.69, 9.17) is 0 Å². The van der Waals surface area contributed by atoms with Crippen LogP contribution >= 0.6 is 0 Å². The molecule has 2 unspecified atom stereocenters. The minimum atomic E-state index is -1.12. The van der Waals surface area contributed by atoms with Crippen molar-refractivity contribution < 1.29 is 15.0 Å². The van der Waals surface area contributed by atoms with Gasteiger partial charge in [0, 0.05) is 17.4 Å². The Kier molecular flexibility index (Phi) is 7.19. The SMILES string of the molecule is CC(c1ccccc1)c1cc(C(=O)O)c(O)c(C(C)c2ccccc2)c1.[PbH2]. The molecule has 0 spiro atoms. The third-order valence-corrected chi connectivity index (χ3v) is 4.96. The molecule has 0 heterocycles. The molecule has 138 valence electrons. The van der Waals surface area contributed by atoms with Crippen LogP contribution in [-0.2, 0) is 0 Å². The first-order valence-electron chi connectivity index (χ1n) is 8.69. The summed E-state index contributed by atoms with van der Waals surface area (Å²) in [6.07, 6.45) is 0. The van der Waals surface area contributed by atoms with E-state index in [1.165, 1.54) is 0 Å². The molecule has 0 aliphatic rings. The van der Waals surface area contributed by atoms with Gasteiger partial charge in [0.25, 0.3) is 0 Å². The molecule has 2 radical (unpaired) electrons. The Labute approximate surface area is 179 Å². The summed E-state index contributed by atoms with van der Waals surface area (Å²) in [5, 5.41) is 20.1. The zero-order valence-corrected chi connectivity index (χ0v) is 21.1. The Balaban J connectivity index is 0.00000261. The molecule has 0 saturated carbocycles. The van der Waals surface area contributed by atoms with Crippen molar-refractivity contribution in [2.75, 3.05) is 0 Å². The zero-order valence-electron chi connectivity index (χ0n) is 15.6. The molecule has 0 amide bonds. The number of hydrogen-bond donors (Lipinski definition) is 2. The summed E-state index contributed by atoms with van der Waals surface area (Å²) in [5.74, 6) is -1.36. The number of aromatic carboxylic acids is 1. The summed E-state index contributed by atoms with van der Waals surface area (Å²) in [6, 6.07) is 23.2. The van der Waals surface area contributed by atoms with E-state index in [0.717, 1.165) is 16.7 Å². The summed E-state index contributed by atoms with van der Waals surface area (Å²) < 4.78 is 0. The van der Waals surface area contributed by atoms with Crippen molar-refractivity contribution in [2.45, 2.75) is 25.7 Å². The van der Waals surface area contributed by atoms with Crippen molar-refractivity contribution >= 4 is 33.3 Å². The Morgan fingerprint density at radius 2 is 1.26 bits per heavy atom. The second-order valence-electron chi connectivity index (χ2n) is 6.58. The molecule has 3 aromatic carbocycles. The van der Waals surface area contributed by atoms with Crippen molar-refractivity contribution in [1.82, 2.24) is 0 Å². The fourth-order valence-corrected chi connectivity index (χ4v) is 3.28.